The molecule has 1 aliphatic rings. The number of rotatable bonds is 4. The number of methoxy groups -OCH3 is 1. The van der Waals surface area contributed by atoms with E-state index in [9.17, 15) is 4.79 Å². The molecular weight excluding hydrogens is 386 g/mol. The van der Waals surface area contributed by atoms with Crippen LogP contribution in [0, 0.1) is 0 Å². The normalized spacial score (nSPS) is 14.0. The number of anilines is 1. The van der Waals surface area contributed by atoms with Crippen LogP contribution in [0.15, 0.2) is 66.9 Å². The molecule has 3 aromatic rings. The third kappa shape index (κ3) is 4.35. The molecule has 0 spiro atoms. The Balaban J connectivity index is 1.38. The van der Waals surface area contributed by atoms with Gasteiger partial charge in [0.25, 0.3) is 5.91 Å². The van der Waals surface area contributed by atoms with Crippen LogP contribution in [0.2, 0.25) is 5.02 Å². The first-order valence-electron chi connectivity index (χ1n) is 9.54. The van der Waals surface area contributed by atoms with Gasteiger partial charge in [-0.2, -0.15) is 0 Å². The van der Waals surface area contributed by atoms with Gasteiger partial charge in [0, 0.05) is 48.0 Å². The Kier molecular flexibility index (Phi) is 5.67. The van der Waals surface area contributed by atoms with Gasteiger partial charge < -0.3 is 14.5 Å². The van der Waals surface area contributed by atoms with Crippen LogP contribution < -0.4 is 9.64 Å². The summed E-state index contributed by atoms with van der Waals surface area (Å²) in [6.07, 6.45) is 1.72. The van der Waals surface area contributed by atoms with Crippen LogP contribution in [0.4, 0.5) is 5.69 Å². The molecule has 1 amide bonds. The van der Waals surface area contributed by atoms with E-state index in [1.165, 1.54) is 0 Å². The van der Waals surface area contributed by atoms with Gasteiger partial charge in [0.05, 0.1) is 19.0 Å². The number of piperazine rings is 1. The molecule has 0 aliphatic carbocycles. The summed E-state index contributed by atoms with van der Waals surface area (Å²) in [6, 6.07) is 19.4. The molecule has 0 unspecified atom stereocenters. The second-order valence-electron chi connectivity index (χ2n) is 6.92. The zero-order valence-electron chi connectivity index (χ0n) is 16.2. The molecule has 148 valence electrons. The first-order valence-corrected chi connectivity index (χ1v) is 9.92. The van der Waals surface area contributed by atoms with E-state index in [1.54, 1.807) is 25.4 Å². The van der Waals surface area contributed by atoms with Crippen molar-refractivity contribution in [2.24, 2.45) is 0 Å². The largest absolute Gasteiger partial charge is 0.495 e. The fourth-order valence-corrected chi connectivity index (χ4v) is 3.68. The Morgan fingerprint density at radius 3 is 2.38 bits per heavy atom. The second kappa shape index (κ2) is 8.53. The van der Waals surface area contributed by atoms with Gasteiger partial charge in [-0.3, -0.25) is 9.78 Å². The van der Waals surface area contributed by atoms with Crippen LogP contribution in [0.25, 0.3) is 11.3 Å². The lowest BCUT2D eigenvalue weighted by atomic mass is 10.1. The summed E-state index contributed by atoms with van der Waals surface area (Å²) in [4.78, 5) is 21.3. The van der Waals surface area contributed by atoms with Gasteiger partial charge in [0.2, 0.25) is 0 Å². The summed E-state index contributed by atoms with van der Waals surface area (Å²) < 4.78 is 5.16. The monoisotopic (exact) mass is 407 g/mol. The highest BCUT2D eigenvalue weighted by Gasteiger charge is 2.22. The lowest BCUT2D eigenvalue weighted by Crippen LogP contribution is -2.48. The molecule has 2 aromatic carbocycles. The van der Waals surface area contributed by atoms with Crippen LogP contribution in [-0.2, 0) is 0 Å². The fraction of sp³-hybridized carbons (Fsp3) is 0.217. The zero-order chi connectivity index (χ0) is 20.2. The molecule has 0 radical (unpaired) electrons. The molecule has 0 bridgehead atoms. The third-order valence-corrected chi connectivity index (χ3v) is 5.37. The van der Waals surface area contributed by atoms with Crippen molar-refractivity contribution in [3.63, 3.8) is 0 Å². The summed E-state index contributed by atoms with van der Waals surface area (Å²) in [5, 5.41) is 0.584. The number of amides is 1. The van der Waals surface area contributed by atoms with Gasteiger partial charge in [-0.15, -0.1) is 0 Å². The third-order valence-electron chi connectivity index (χ3n) is 5.14. The smallest absolute Gasteiger partial charge is 0.254 e. The van der Waals surface area contributed by atoms with Crippen LogP contribution in [-0.4, -0.2) is 49.1 Å². The highest BCUT2D eigenvalue weighted by molar-refractivity contribution is 6.30. The molecule has 5 nitrogen and oxygen atoms in total. The number of ether oxygens (including phenoxy) is 1. The van der Waals surface area contributed by atoms with Gasteiger partial charge in [0.1, 0.15) is 5.75 Å². The van der Waals surface area contributed by atoms with Crippen molar-refractivity contribution in [3.05, 3.63) is 77.4 Å². The predicted molar refractivity (Wildman–Crippen MR) is 116 cm³/mol. The first-order chi connectivity index (χ1) is 14.1. The first kappa shape index (κ1) is 19.3. The topological polar surface area (TPSA) is 45.7 Å². The Labute approximate surface area is 175 Å². The van der Waals surface area contributed by atoms with Gasteiger partial charge in [-0.25, -0.2) is 0 Å². The molecule has 0 N–H and O–H groups in total. The summed E-state index contributed by atoms with van der Waals surface area (Å²) >= 11 is 6.01. The number of nitrogens with zero attached hydrogens (tertiary/aromatic N) is 3. The molecule has 1 saturated heterocycles. The summed E-state index contributed by atoms with van der Waals surface area (Å²) in [5.41, 5.74) is 3.76. The summed E-state index contributed by atoms with van der Waals surface area (Å²) in [7, 11) is 1.63. The average Bonchev–Trinajstić information content (AvgIpc) is 2.79. The maximum atomic E-state index is 12.7. The second-order valence-corrected chi connectivity index (χ2v) is 7.36. The van der Waals surface area contributed by atoms with Crippen molar-refractivity contribution < 1.29 is 9.53 Å². The van der Waals surface area contributed by atoms with E-state index in [0.29, 0.717) is 23.7 Å². The minimum absolute atomic E-state index is 0.0353. The van der Waals surface area contributed by atoms with Gasteiger partial charge in [-0.1, -0.05) is 29.8 Å². The maximum Gasteiger partial charge on any atom is 0.254 e. The lowest BCUT2D eigenvalue weighted by molar-refractivity contribution is 0.0747. The fourth-order valence-electron chi connectivity index (χ4n) is 3.49. The van der Waals surface area contributed by atoms with E-state index in [4.69, 9.17) is 16.3 Å². The molecule has 29 heavy (non-hydrogen) atoms. The maximum absolute atomic E-state index is 12.7. The van der Waals surface area contributed by atoms with E-state index >= 15 is 0 Å². The highest BCUT2D eigenvalue weighted by Crippen LogP contribution is 2.24. The molecule has 2 heterocycles. The van der Waals surface area contributed by atoms with Crippen molar-refractivity contribution in [2.45, 2.75) is 0 Å². The van der Waals surface area contributed by atoms with Gasteiger partial charge in [-0.05, 0) is 42.5 Å². The minimum Gasteiger partial charge on any atom is -0.495 e. The van der Waals surface area contributed by atoms with E-state index < -0.39 is 0 Å². The predicted octanol–water partition coefficient (Wildman–Crippen LogP) is 4.37. The molecular formula is C23H22ClN3O2. The van der Waals surface area contributed by atoms with Crippen molar-refractivity contribution in [1.29, 1.82) is 0 Å². The molecule has 6 heteroatoms. The van der Waals surface area contributed by atoms with Crippen LogP contribution in [0.1, 0.15) is 10.4 Å². The number of aromatic nitrogens is 1. The molecule has 1 aliphatic heterocycles. The Hall–Kier alpha value is -3.05. The molecule has 0 atom stereocenters. The summed E-state index contributed by atoms with van der Waals surface area (Å²) in [5.74, 6) is 0.781. The minimum atomic E-state index is 0.0353. The number of carbonyl (C=O) groups excluding carboxylic acids is 1. The van der Waals surface area contributed by atoms with E-state index in [1.807, 2.05) is 29.2 Å². The Bertz CT molecular complexity index is 982. The van der Waals surface area contributed by atoms with Crippen molar-refractivity contribution in [2.75, 3.05) is 38.2 Å². The highest BCUT2D eigenvalue weighted by atomic mass is 35.5. The quantitative estimate of drug-likeness (QED) is 0.644. The SMILES string of the molecule is COc1ccc(-c2ccc(N3CCN(C(=O)c4cccc(Cl)c4)CC3)cc2)nc1. The zero-order valence-corrected chi connectivity index (χ0v) is 17.0. The van der Waals surface area contributed by atoms with Crippen molar-refractivity contribution in [1.82, 2.24) is 9.88 Å². The van der Waals surface area contributed by atoms with E-state index in [2.05, 4.69) is 34.1 Å². The number of halogens is 1. The standard InChI is InChI=1S/C23H22ClN3O2/c1-29-21-9-10-22(25-16-21)17-5-7-20(8-6-17)26-11-13-27(14-12-26)23(28)18-3-2-4-19(24)15-18/h2-10,15-16H,11-14H2,1H3. The summed E-state index contributed by atoms with van der Waals surface area (Å²) in [6.45, 7) is 2.97. The number of pyridine rings is 1. The number of hydrogen-bond acceptors (Lipinski definition) is 4. The molecule has 1 aromatic heterocycles. The number of carbonyl (C=O) groups is 1. The van der Waals surface area contributed by atoms with Crippen molar-refractivity contribution >= 4 is 23.2 Å². The van der Waals surface area contributed by atoms with E-state index in [-0.39, 0.29) is 5.91 Å². The van der Waals surface area contributed by atoms with Crippen LogP contribution in [0.3, 0.4) is 0 Å². The number of hydrogen-bond donors (Lipinski definition) is 0. The molecule has 0 saturated carbocycles. The number of benzene rings is 2. The molecule has 4 rings (SSSR count). The van der Waals surface area contributed by atoms with Gasteiger partial charge in [0.15, 0.2) is 0 Å². The van der Waals surface area contributed by atoms with Crippen LogP contribution in [0.5, 0.6) is 5.75 Å². The Morgan fingerprint density at radius 2 is 1.76 bits per heavy atom. The van der Waals surface area contributed by atoms with E-state index in [0.717, 1.165) is 35.8 Å². The van der Waals surface area contributed by atoms with Gasteiger partial charge >= 0.3 is 0 Å². The average molecular weight is 408 g/mol. The molecule has 1 fully saturated rings. The Morgan fingerprint density at radius 1 is 1.00 bits per heavy atom. The van der Waals surface area contributed by atoms with Crippen molar-refractivity contribution in [3.8, 4) is 17.0 Å². The lowest BCUT2D eigenvalue weighted by Gasteiger charge is -2.36. The van der Waals surface area contributed by atoms with Crippen LogP contribution >= 0.6 is 11.6 Å².